The maximum Gasteiger partial charge on any atom is 0.0299 e. The van der Waals surface area contributed by atoms with Gasteiger partial charge in [-0.1, -0.05) is 30.3 Å². The first-order chi connectivity index (χ1) is 9.40. The summed E-state index contributed by atoms with van der Waals surface area (Å²) < 4.78 is 0. The van der Waals surface area contributed by atoms with Crippen LogP contribution in [0.3, 0.4) is 0 Å². The number of benzene rings is 1. The lowest BCUT2D eigenvalue weighted by Crippen LogP contribution is -2.13. The lowest BCUT2D eigenvalue weighted by atomic mass is 10.1. The topological polar surface area (TPSA) is 12.0 Å². The molecule has 0 saturated heterocycles. The third kappa shape index (κ3) is 5.01. The molecule has 0 aliphatic rings. The summed E-state index contributed by atoms with van der Waals surface area (Å²) in [5, 5.41) is 5.78. The van der Waals surface area contributed by atoms with Crippen LogP contribution in [0.25, 0.3) is 11.1 Å². The van der Waals surface area contributed by atoms with E-state index in [1.807, 2.05) is 23.1 Å². The molecular formula is C16H21NS2. The van der Waals surface area contributed by atoms with Crippen molar-refractivity contribution in [1.29, 1.82) is 0 Å². The Labute approximate surface area is 124 Å². The molecule has 19 heavy (non-hydrogen) atoms. The molecule has 0 bridgehead atoms. The van der Waals surface area contributed by atoms with Crippen LogP contribution < -0.4 is 5.32 Å². The van der Waals surface area contributed by atoms with Gasteiger partial charge in [-0.2, -0.15) is 11.8 Å². The number of nitrogens with one attached hydrogen (secondary N) is 1. The molecule has 0 saturated carbocycles. The maximum absolute atomic E-state index is 3.53. The molecule has 0 amide bonds. The van der Waals surface area contributed by atoms with Gasteiger partial charge in [-0.3, -0.25) is 0 Å². The Kier molecular flexibility index (Phi) is 6.48. The van der Waals surface area contributed by atoms with Gasteiger partial charge in [0.2, 0.25) is 0 Å². The summed E-state index contributed by atoms with van der Waals surface area (Å²) in [6.45, 7) is 2.12. The van der Waals surface area contributed by atoms with E-state index in [0.717, 1.165) is 13.1 Å². The van der Waals surface area contributed by atoms with E-state index in [1.54, 1.807) is 0 Å². The molecule has 1 aromatic carbocycles. The lowest BCUT2D eigenvalue weighted by Gasteiger charge is -2.02. The number of hydrogen-bond acceptors (Lipinski definition) is 3. The molecule has 0 atom stereocenters. The Morgan fingerprint density at radius 3 is 2.74 bits per heavy atom. The second-order valence-corrected chi connectivity index (χ2v) is 6.53. The molecule has 1 nitrogen and oxygen atoms in total. The molecule has 1 heterocycles. The zero-order valence-corrected chi connectivity index (χ0v) is 13.0. The Balaban J connectivity index is 1.75. The predicted octanol–water partition coefficient (Wildman–Crippen LogP) is 4.65. The lowest BCUT2D eigenvalue weighted by molar-refractivity contribution is 0.648. The summed E-state index contributed by atoms with van der Waals surface area (Å²) in [4.78, 5) is 1.42. The van der Waals surface area contributed by atoms with Gasteiger partial charge in [-0.25, -0.2) is 0 Å². The first-order valence-corrected chi connectivity index (χ1v) is 9.00. The van der Waals surface area contributed by atoms with Crippen molar-refractivity contribution in [3.63, 3.8) is 0 Å². The summed E-state index contributed by atoms with van der Waals surface area (Å²) >= 11 is 3.78. The van der Waals surface area contributed by atoms with Crippen molar-refractivity contribution in [1.82, 2.24) is 5.32 Å². The fraction of sp³-hybridized carbons (Fsp3) is 0.375. The van der Waals surface area contributed by atoms with Gasteiger partial charge in [0.05, 0.1) is 0 Å². The van der Waals surface area contributed by atoms with Crippen LogP contribution in [0.1, 0.15) is 17.7 Å². The van der Waals surface area contributed by atoms with Crippen molar-refractivity contribution >= 4 is 23.1 Å². The van der Waals surface area contributed by atoms with E-state index in [2.05, 4.69) is 53.4 Å². The van der Waals surface area contributed by atoms with Crippen LogP contribution in [0, 0.1) is 0 Å². The molecule has 0 aliphatic heterocycles. The van der Waals surface area contributed by atoms with Crippen LogP contribution in [0.15, 0.2) is 41.8 Å². The standard InChI is InChI=1S/C16H21NS2/c1-18-10-6-5-9-17-12-16-11-15(13-19-16)14-7-3-2-4-8-14/h2-4,7-8,11,13,17H,5-6,9-10,12H2,1H3. The van der Waals surface area contributed by atoms with Gasteiger partial charge in [0.1, 0.15) is 0 Å². The van der Waals surface area contributed by atoms with Crippen molar-refractivity contribution in [2.24, 2.45) is 0 Å². The number of rotatable bonds is 8. The summed E-state index contributed by atoms with van der Waals surface area (Å²) in [6, 6.07) is 12.9. The van der Waals surface area contributed by atoms with Crippen LogP contribution in [-0.4, -0.2) is 18.6 Å². The molecule has 0 radical (unpaired) electrons. The third-order valence-electron chi connectivity index (χ3n) is 3.01. The largest absolute Gasteiger partial charge is 0.312 e. The van der Waals surface area contributed by atoms with Crippen molar-refractivity contribution in [3.8, 4) is 11.1 Å². The van der Waals surface area contributed by atoms with Gasteiger partial charge in [-0.15, -0.1) is 11.3 Å². The van der Waals surface area contributed by atoms with Crippen LogP contribution in [0.5, 0.6) is 0 Å². The quantitative estimate of drug-likeness (QED) is 0.711. The molecular weight excluding hydrogens is 270 g/mol. The zero-order valence-electron chi connectivity index (χ0n) is 11.4. The van der Waals surface area contributed by atoms with Crippen LogP contribution >= 0.6 is 23.1 Å². The number of unbranched alkanes of at least 4 members (excludes halogenated alkanes) is 1. The van der Waals surface area contributed by atoms with Gasteiger partial charge in [0.15, 0.2) is 0 Å². The van der Waals surface area contributed by atoms with Crippen LogP contribution in [-0.2, 0) is 6.54 Å². The zero-order chi connectivity index (χ0) is 13.3. The Morgan fingerprint density at radius 1 is 1.11 bits per heavy atom. The smallest absolute Gasteiger partial charge is 0.0299 e. The monoisotopic (exact) mass is 291 g/mol. The average molecular weight is 291 g/mol. The van der Waals surface area contributed by atoms with E-state index in [9.17, 15) is 0 Å². The van der Waals surface area contributed by atoms with Gasteiger partial charge in [0, 0.05) is 11.4 Å². The predicted molar refractivity (Wildman–Crippen MR) is 89.1 cm³/mol. The molecule has 1 N–H and O–H groups in total. The van der Waals surface area contributed by atoms with Gasteiger partial charge in [-0.05, 0) is 54.0 Å². The number of thioether (sulfide) groups is 1. The minimum absolute atomic E-state index is 0.997. The summed E-state index contributed by atoms with van der Waals surface area (Å²) in [6.07, 6.45) is 4.76. The fourth-order valence-electron chi connectivity index (χ4n) is 1.96. The maximum atomic E-state index is 3.53. The van der Waals surface area contributed by atoms with E-state index in [-0.39, 0.29) is 0 Å². The molecule has 2 aromatic rings. The molecule has 102 valence electrons. The van der Waals surface area contributed by atoms with E-state index in [4.69, 9.17) is 0 Å². The van der Waals surface area contributed by atoms with Crippen LogP contribution in [0.4, 0.5) is 0 Å². The summed E-state index contributed by atoms with van der Waals surface area (Å²) in [5.74, 6) is 1.28. The highest BCUT2D eigenvalue weighted by molar-refractivity contribution is 7.98. The molecule has 0 unspecified atom stereocenters. The molecule has 2 rings (SSSR count). The number of thiophene rings is 1. The molecule has 1 aromatic heterocycles. The van der Waals surface area contributed by atoms with Gasteiger partial charge in [0.25, 0.3) is 0 Å². The molecule has 0 spiro atoms. The van der Waals surface area contributed by atoms with Gasteiger partial charge < -0.3 is 5.32 Å². The van der Waals surface area contributed by atoms with Crippen molar-refractivity contribution in [2.45, 2.75) is 19.4 Å². The van der Waals surface area contributed by atoms with Crippen molar-refractivity contribution in [2.75, 3.05) is 18.6 Å². The van der Waals surface area contributed by atoms with E-state index in [0.29, 0.717) is 0 Å². The van der Waals surface area contributed by atoms with E-state index >= 15 is 0 Å². The average Bonchev–Trinajstić information content (AvgIpc) is 2.92. The van der Waals surface area contributed by atoms with Crippen LogP contribution in [0.2, 0.25) is 0 Å². The van der Waals surface area contributed by atoms with Crippen molar-refractivity contribution in [3.05, 3.63) is 46.7 Å². The first-order valence-electron chi connectivity index (χ1n) is 6.72. The fourth-order valence-corrected chi connectivity index (χ4v) is 3.32. The highest BCUT2D eigenvalue weighted by atomic mass is 32.2. The second kappa shape index (κ2) is 8.41. The Hall–Kier alpha value is -0.770. The van der Waals surface area contributed by atoms with E-state index < -0.39 is 0 Å². The second-order valence-electron chi connectivity index (χ2n) is 4.54. The Bertz CT molecular complexity index is 465. The minimum Gasteiger partial charge on any atom is -0.312 e. The highest BCUT2D eigenvalue weighted by Crippen LogP contribution is 2.25. The summed E-state index contributed by atoms with van der Waals surface area (Å²) in [7, 11) is 0. The minimum atomic E-state index is 0.997. The first kappa shape index (κ1) is 14.6. The van der Waals surface area contributed by atoms with E-state index in [1.165, 1.54) is 34.6 Å². The Morgan fingerprint density at radius 2 is 1.95 bits per heavy atom. The van der Waals surface area contributed by atoms with Gasteiger partial charge >= 0.3 is 0 Å². The number of hydrogen-bond donors (Lipinski definition) is 1. The molecule has 0 aliphatic carbocycles. The molecule has 0 fully saturated rings. The highest BCUT2D eigenvalue weighted by Gasteiger charge is 2.01. The normalized spacial score (nSPS) is 10.8. The third-order valence-corrected chi connectivity index (χ3v) is 4.65. The SMILES string of the molecule is CSCCCCNCc1cc(-c2ccccc2)cs1. The summed E-state index contributed by atoms with van der Waals surface area (Å²) in [5.41, 5.74) is 2.65. The van der Waals surface area contributed by atoms with Crippen molar-refractivity contribution < 1.29 is 0 Å². The molecule has 3 heteroatoms.